The third-order valence-corrected chi connectivity index (χ3v) is 6.16. The Kier molecular flexibility index (Phi) is 4.70. The van der Waals surface area contributed by atoms with E-state index in [9.17, 15) is 9.59 Å². The molecule has 1 aromatic heterocycles. The van der Waals surface area contributed by atoms with Gasteiger partial charge in [-0.1, -0.05) is 31.2 Å². The number of benzene rings is 1. The fourth-order valence-corrected chi connectivity index (χ4v) is 4.24. The predicted octanol–water partition coefficient (Wildman–Crippen LogP) is 2.37. The Morgan fingerprint density at radius 1 is 1.33 bits per heavy atom. The van der Waals surface area contributed by atoms with Crippen LogP contribution in [-0.4, -0.2) is 46.9 Å². The van der Waals surface area contributed by atoms with Gasteiger partial charge < -0.3 is 15.4 Å². The van der Waals surface area contributed by atoms with E-state index < -0.39 is 5.60 Å². The van der Waals surface area contributed by atoms with Gasteiger partial charge in [0.25, 0.3) is 11.8 Å². The second kappa shape index (κ2) is 7.40. The third-order valence-electron chi connectivity index (χ3n) is 6.16. The Labute approximate surface area is 175 Å². The second-order valence-electron chi connectivity index (χ2n) is 8.70. The molecule has 7 heteroatoms. The van der Waals surface area contributed by atoms with E-state index in [1.807, 2.05) is 0 Å². The van der Waals surface area contributed by atoms with Gasteiger partial charge in [-0.25, -0.2) is 4.98 Å². The minimum absolute atomic E-state index is 0.147. The number of hydrogen-bond donors (Lipinski definition) is 2. The van der Waals surface area contributed by atoms with Crippen LogP contribution in [0.15, 0.2) is 36.5 Å². The maximum atomic E-state index is 12.6. The number of ether oxygens (including phenoxy) is 1. The van der Waals surface area contributed by atoms with Crippen molar-refractivity contribution in [2.24, 2.45) is 5.92 Å². The van der Waals surface area contributed by atoms with Crippen LogP contribution in [0.3, 0.4) is 0 Å². The molecule has 2 aromatic rings. The van der Waals surface area contributed by atoms with Gasteiger partial charge in [0.1, 0.15) is 5.69 Å². The summed E-state index contributed by atoms with van der Waals surface area (Å²) in [4.78, 5) is 31.4. The Morgan fingerprint density at radius 3 is 2.93 bits per heavy atom. The lowest BCUT2D eigenvalue weighted by atomic mass is 9.99. The fraction of sp³-hybridized carbons (Fsp3) is 0.435. The van der Waals surface area contributed by atoms with Crippen molar-refractivity contribution in [1.29, 1.82) is 0 Å². The van der Waals surface area contributed by atoms with Crippen molar-refractivity contribution < 1.29 is 14.3 Å². The first-order valence-corrected chi connectivity index (χ1v) is 10.6. The van der Waals surface area contributed by atoms with Crippen LogP contribution in [0.1, 0.15) is 41.3 Å². The first kappa shape index (κ1) is 19.1. The summed E-state index contributed by atoms with van der Waals surface area (Å²) >= 11 is 0. The summed E-state index contributed by atoms with van der Waals surface area (Å²) < 4.78 is 5.72. The maximum Gasteiger partial charge on any atom is 0.268 e. The zero-order valence-electron chi connectivity index (χ0n) is 17.1. The number of fused-ring (bicyclic) bond motifs is 2. The van der Waals surface area contributed by atoms with Gasteiger partial charge in [-0.2, -0.15) is 0 Å². The van der Waals surface area contributed by atoms with Gasteiger partial charge in [0.2, 0.25) is 5.88 Å². The number of pyridine rings is 1. The van der Waals surface area contributed by atoms with Crippen LogP contribution >= 0.6 is 0 Å². The first-order valence-electron chi connectivity index (χ1n) is 10.6. The molecule has 30 heavy (non-hydrogen) atoms. The number of nitrogens with one attached hydrogen (secondary N) is 2. The van der Waals surface area contributed by atoms with E-state index in [0.717, 1.165) is 26.1 Å². The summed E-state index contributed by atoms with van der Waals surface area (Å²) in [6.45, 7) is 5.67. The Hall–Kier alpha value is -2.93. The quantitative estimate of drug-likeness (QED) is 0.797. The van der Waals surface area contributed by atoms with E-state index in [4.69, 9.17) is 4.74 Å². The molecule has 156 valence electrons. The van der Waals surface area contributed by atoms with Crippen LogP contribution in [0.4, 0.5) is 5.69 Å². The largest absolute Gasteiger partial charge is 0.459 e. The first-order chi connectivity index (χ1) is 14.5. The van der Waals surface area contributed by atoms with Crippen molar-refractivity contribution in [3.05, 3.63) is 53.2 Å². The molecule has 3 heterocycles. The summed E-state index contributed by atoms with van der Waals surface area (Å²) in [6, 6.07) is 10.2. The number of rotatable bonds is 5. The lowest BCUT2D eigenvalue weighted by molar-refractivity contribution is -0.125. The van der Waals surface area contributed by atoms with E-state index in [-0.39, 0.29) is 11.8 Å². The Bertz CT molecular complexity index is 1000. The van der Waals surface area contributed by atoms with E-state index in [0.29, 0.717) is 42.4 Å². The molecule has 0 radical (unpaired) electrons. The lowest BCUT2D eigenvalue weighted by Gasteiger charge is -2.31. The zero-order chi connectivity index (χ0) is 20.7. The van der Waals surface area contributed by atoms with E-state index >= 15 is 0 Å². The average Bonchev–Trinajstić information content (AvgIpc) is 3.53. The number of carbonyl (C=O) groups excluding carboxylic acids is 2. The molecule has 1 atom stereocenters. The summed E-state index contributed by atoms with van der Waals surface area (Å²) in [5.41, 5.74) is 3.00. The molecule has 2 N–H and O–H groups in total. The molecule has 7 nitrogen and oxygen atoms in total. The van der Waals surface area contributed by atoms with Crippen molar-refractivity contribution in [2.45, 2.75) is 38.3 Å². The molecule has 1 aliphatic carbocycles. The highest BCUT2D eigenvalue weighted by Crippen LogP contribution is 2.45. The van der Waals surface area contributed by atoms with Gasteiger partial charge in [-0.05, 0) is 29.5 Å². The van der Waals surface area contributed by atoms with E-state index in [1.54, 1.807) is 6.07 Å². The van der Waals surface area contributed by atoms with Crippen molar-refractivity contribution in [1.82, 2.24) is 15.2 Å². The summed E-state index contributed by atoms with van der Waals surface area (Å²) in [6.07, 6.45) is 4.00. The molecule has 1 spiro atoms. The predicted molar refractivity (Wildman–Crippen MR) is 112 cm³/mol. The van der Waals surface area contributed by atoms with Gasteiger partial charge in [0, 0.05) is 45.2 Å². The van der Waals surface area contributed by atoms with Crippen LogP contribution in [-0.2, 0) is 17.8 Å². The lowest BCUT2D eigenvalue weighted by Crippen LogP contribution is -2.40. The molecular weight excluding hydrogens is 380 g/mol. The Balaban J connectivity index is 1.15. The Morgan fingerprint density at radius 2 is 2.13 bits per heavy atom. The fourth-order valence-electron chi connectivity index (χ4n) is 4.24. The number of carbonyl (C=O) groups is 2. The molecule has 2 aliphatic heterocycles. The van der Waals surface area contributed by atoms with Crippen LogP contribution < -0.4 is 15.4 Å². The van der Waals surface area contributed by atoms with Crippen molar-refractivity contribution >= 4 is 17.5 Å². The summed E-state index contributed by atoms with van der Waals surface area (Å²) in [5.74, 6) is 0.373. The standard InChI is InChI=1S/C23H26N4O3/c1-15(13-27-9-6-16-4-2-3-5-17(16)14-27)11-24-20(28)18-10-19-21(25-12-18)30-23(7-8-23)22(29)26-19/h2-5,10,12,15H,6-9,11,13-14H2,1H3,(H,24,28)(H,26,29). The molecule has 0 bridgehead atoms. The molecule has 5 rings (SSSR count). The average molecular weight is 406 g/mol. The smallest absolute Gasteiger partial charge is 0.268 e. The summed E-state index contributed by atoms with van der Waals surface area (Å²) in [5, 5.41) is 5.82. The minimum Gasteiger partial charge on any atom is -0.459 e. The van der Waals surface area contributed by atoms with Crippen LogP contribution in [0, 0.1) is 5.92 Å². The molecule has 3 aliphatic rings. The van der Waals surface area contributed by atoms with Crippen LogP contribution in [0.25, 0.3) is 0 Å². The molecule has 0 saturated heterocycles. The monoisotopic (exact) mass is 406 g/mol. The van der Waals surface area contributed by atoms with Crippen LogP contribution in [0.5, 0.6) is 5.88 Å². The zero-order valence-corrected chi connectivity index (χ0v) is 17.1. The van der Waals surface area contributed by atoms with Crippen molar-refractivity contribution in [3.63, 3.8) is 0 Å². The van der Waals surface area contributed by atoms with Crippen LogP contribution in [0.2, 0.25) is 0 Å². The number of aromatic nitrogens is 1. The number of nitrogens with zero attached hydrogens (tertiary/aromatic N) is 2. The SMILES string of the molecule is CC(CNC(=O)c1cnc2c(c1)NC(=O)C1(CC1)O2)CN1CCc2ccccc2C1. The van der Waals surface area contributed by atoms with Gasteiger partial charge in [0.05, 0.1) is 5.56 Å². The molecule has 1 saturated carbocycles. The van der Waals surface area contributed by atoms with Gasteiger partial charge >= 0.3 is 0 Å². The van der Waals surface area contributed by atoms with Crippen molar-refractivity contribution in [3.8, 4) is 5.88 Å². The minimum atomic E-state index is -0.728. The highest BCUT2D eigenvalue weighted by molar-refractivity contribution is 6.03. The number of anilines is 1. The van der Waals surface area contributed by atoms with E-state index in [2.05, 4.69) is 51.7 Å². The number of amides is 2. The van der Waals surface area contributed by atoms with Gasteiger partial charge in [-0.3, -0.25) is 14.5 Å². The van der Waals surface area contributed by atoms with Crippen molar-refractivity contribution in [2.75, 3.05) is 25.0 Å². The summed E-state index contributed by atoms with van der Waals surface area (Å²) in [7, 11) is 0. The molecule has 1 unspecified atom stereocenters. The third kappa shape index (κ3) is 3.65. The highest BCUT2D eigenvalue weighted by atomic mass is 16.5. The molecular formula is C23H26N4O3. The normalized spacial score (nSPS) is 19.8. The van der Waals surface area contributed by atoms with Gasteiger partial charge in [0.15, 0.2) is 5.60 Å². The van der Waals surface area contributed by atoms with E-state index in [1.165, 1.54) is 17.3 Å². The molecule has 1 aromatic carbocycles. The molecule has 2 amide bonds. The molecule has 1 fully saturated rings. The van der Waals surface area contributed by atoms with Gasteiger partial charge in [-0.15, -0.1) is 0 Å². The highest BCUT2D eigenvalue weighted by Gasteiger charge is 2.55. The maximum absolute atomic E-state index is 12.6. The second-order valence-corrected chi connectivity index (χ2v) is 8.70. The topological polar surface area (TPSA) is 83.6 Å². The number of hydrogen-bond acceptors (Lipinski definition) is 5.